The number of aryl methyl sites for hydroxylation is 1. The fraction of sp³-hybridized carbons (Fsp3) is 0.500. The Morgan fingerprint density at radius 2 is 1.88 bits per heavy atom. The van der Waals surface area contributed by atoms with Crippen LogP contribution in [0.3, 0.4) is 0 Å². The first-order valence-corrected chi connectivity index (χ1v) is 5.65. The van der Waals surface area contributed by atoms with Crippen LogP contribution < -0.4 is 5.32 Å². The summed E-state index contributed by atoms with van der Waals surface area (Å²) in [6.07, 6.45) is -0.392. The maximum atomic E-state index is 13.2. The molecular formula is C12H17ClFNO2. The van der Waals surface area contributed by atoms with Gasteiger partial charge in [-0.25, -0.2) is 4.39 Å². The number of halogens is 2. The van der Waals surface area contributed by atoms with E-state index in [4.69, 9.17) is 21.1 Å². The highest BCUT2D eigenvalue weighted by molar-refractivity contribution is 6.33. The first kappa shape index (κ1) is 14.2. The maximum Gasteiger partial charge on any atom is 0.176 e. The van der Waals surface area contributed by atoms with Crippen molar-refractivity contribution in [2.45, 2.75) is 26.2 Å². The third kappa shape index (κ3) is 3.56. The average molecular weight is 262 g/mol. The van der Waals surface area contributed by atoms with Gasteiger partial charge in [-0.3, -0.25) is 0 Å². The molecule has 96 valence electrons. The third-order valence-electron chi connectivity index (χ3n) is 2.50. The normalized spacial score (nSPS) is 12.9. The largest absolute Gasteiger partial charge is 0.376 e. The molecule has 0 radical (unpaired) electrons. The van der Waals surface area contributed by atoms with Crippen molar-refractivity contribution in [3.05, 3.63) is 28.5 Å². The molecule has 0 saturated carbocycles. The average Bonchev–Trinajstić information content (AvgIpc) is 2.27. The number of ether oxygens (including phenoxy) is 2. The molecule has 1 rings (SSSR count). The van der Waals surface area contributed by atoms with Crippen molar-refractivity contribution < 1.29 is 13.9 Å². The van der Waals surface area contributed by atoms with Gasteiger partial charge in [0.05, 0.1) is 16.8 Å². The van der Waals surface area contributed by atoms with E-state index in [1.807, 2.05) is 6.92 Å². The lowest BCUT2D eigenvalue weighted by atomic mass is 10.2. The molecule has 0 spiro atoms. The topological polar surface area (TPSA) is 30.5 Å². The lowest BCUT2D eigenvalue weighted by Crippen LogP contribution is -2.33. The fourth-order valence-corrected chi connectivity index (χ4v) is 1.79. The Bertz CT molecular complexity index is 383. The van der Waals surface area contributed by atoms with Crippen LogP contribution in [0.5, 0.6) is 0 Å². The van der Waals surface area contributed by atoms with Crippen LogP contribution in [0.4, 0.5) is 10.1 Å². The van der Waals surface area contributed by atoms with Crippen LogP contribution in [0.1, 0.15) is 12.5 Å². The zero-order valence-electron chi connectivity index (χ0n) is 10.4. The monoisotopic (exact) mass is 261 g/mol. The smallest absolute Gasteiger partial charge is 0.176 e. The number of anilines is 1. The van der Waals surface area contributed by atoms with Gasteiger partial charge in [0, 0.05) is 14.2 Å². The molecule has 3 nitrogen and oxygen atoms in total. The highest BCUT2D eigenvalue weighted by Gasteiger charge is 2.17. The molecule has 0 aliphatic heterocycles. The molecule has 0 saturated heterocycles. The van der Waals surface area contributed by atoms with Gasteiger partial charge in [-0.2, -0.15) is 0 Å². The van der Waals surface area contributed by atoms with Crippen molar-refractivity contribution in [2.75, 3.05) is 19.5 Å². The van der Waals surface area contributed by atoms with E-state index in [2.05, 4.69) is 5.32 Å². The van der Waals surface area contributed by atoms with Gasteiger partial charge in [-0.1, -0.05) is 11.6 Å². The first-order valence-electron chi connectivity index (χ1n) is 5.27. The molecule has 1 aromatic carbocycles. The van der Waals surface area contributed by atoms with Gasteiger partial charge in [-0.05, 0) is 31.5 Å². The molecule has 0 heterocycles. The number of benzene rings is 1. The van der Waals surface area contributed by atoms with Gasteiger partial charge >= 0.3 is 0 Å². The predicted octanol–water partition coefficient (Wildman–Crippen LogP) is 3.21. The van der Waals surface area contributed by atoms with E-state index in [-0.39, 0.29) is 11.9 Å². The number of hydrogen-bond donors (Lipinski definition) is 1. The molecule has 1 N–H and O–H groups in total. The van der Waals surface area contributed by atoms with Crippen molar-refractivity contribution in [1.29, 1.82) is 0 Å². The second-order valence-corrected chi connectivity index (χ2v) is 4.26. The van der Waals surface area contributed by atoms with Crippen molar-refractivity contribution in [3.8, 4) is 0 Å². The summed E-state index contributed by atoms with van der Waals surface area (Å²) < 4.78 is 23.5. The van der Waals surface area contributed by atoms with Gasteiger partial charge in [0.1, 0.15) is 5.82 Å². The second-order valence-electron chi connectivity index (χ2n) is 3.85. The van der Waals surface area contributed by atoms with Crippen LogP contribution in [-0.2, 0) is 9.47 Å². The number of rotatable bonds is 5. The molecule has 1 aromatic rings. The maximum absolute atomic E-state index is 13.2. The molecule has 0 aliphatic carbocycles. The molecule has 1 atom stereocenters. The predicted molar refractivity (Wildman–Crippen MR) is 67.0 cm³/mol. The molecule has 0 amide bonds. The number of hydrogen-bond acceptors (Lipinski definition) is 3. The number of nitrogens with one attached hydrogen (secondary N) is 1. The Kier molecular flexibility index (Phi) is 5.18. The summed E-state index contributed by atoms with van der Waals surface area (Å²) in [6.45, 7) is 3.58. The molecule has 0 aromatic heterocycles. The Morgan fingerprint density at radius 3 is 2.41 bits per heavy atom. The minimum Gasteiger partial charge on any atom is -0.376 e. The Labute approximate surface area is 106 Å². The van der Waals surface area contributed by atoms with Crippen LogP contribution >= 0.6 is 11.6 Å². The zero-order valence-corrected chi connectivity index (χ0v) is 11.1. The number of methoxy groups -OCH3 is 2. The highest BCUT2D eigenvalue weighted by atomic mass is 35.5. The van der Waals surface area contributed by atoms with Crippen LogP contribution in [0.15, 0.2) is 12.1 Å². The summed E-state index contributed by atoms with van der Waals surface area (Å²) in [7, 11) is 3.12. The Balaban J connectivity index is 2.84. The summed E-state index contributed by atoms with van der Waals surface area (Å²) in [5.74, 6) is -0.316. The fourth-order valence-electron chi connectivity index (χ4n) is 1.59. The summed E-state index contributed by atoms with van der Waals surface area (Å²) in [5, 5.41) is 3.47. The molecular weight excluding hydrogens is 245 g/mol. The summed E-state index contributed by atoms with van der Waals surface area (Å²) >= 11 is 5.95. The molecule has 17 heavy (non-hydrogen) atoms. The highest BCUT2D eigenvalue weighted by Crippen LogP contribution is 2.26. The molecule has 1 unspecified atom stereocenters. The zero-order chi connectivity index (χ0) is 13.0. The van der Waals surface area contributed by atoms with E-state index in [0.717, 1.165) is 0 Å². The lowest BCUT2D eigenvalue weighted by Gasteiger charge is -2.23. The third-order valence-corrected chi connectivity index (χ3v) is 2.82. The summed E-state index contributed by atoms with van der Waals surface area (Å²) in [6, 6.07) is 2.85. The molecule has 5 heteroatoms. The van der Waals surface area contributed by atoms with E-state index in [0.29, 0.717) is 16.3 Å². The summed E-state index contributed by atoms with van der Waals surface area (Å²) in [4.78, 5) is 0. The molecule has 0 aliphatic rings. The van der Waals surface area contributed by atoms with E-state index < -0.39 is 6.29 Å². The molecule has 0 fully saturated rings. The Morgan fingerprint density at radius 1 is 1.29 bits per heavy atom. The van der Waals surface area contributed by atoms with Crippen LogP contribution in [0.25, 0.3) is 0 Å². The minimum absolute atomic E-state index is 0.104. The van der Waals surface area contributed by atoms with Crippen molar-refractivity contribution in [3.63, 3.8) is 0 Å². The SMILES string of the molecule is COC(OC)C(C)Nc1cc(C)c(F)cc1Cl. The van der Waals surface area contributed by atoms with Crippen LogP contribution in [-0.4, -0.2) is 26.6 Å². The standard InChI is InChI=1S/C12H17ClFNO2/c1-7-5-11(9(13)6-10(7)14)15-8(2)12(16-3)17-4/h5-6,8,12,15H,1-4H3. The van der Waals surface area contributed by atoms with Gasteiger partial charge in [0.15, 0.2) is 6.29 Å². The van der Waals surface area contributed by atoms with Crippen molar-refractivity contribution >= 4 is 17.3 Å². The van der Waals surface area contributed by atoms with E-state index >= 15 is 0 Å². The second kappa shape index (κ2) is 6.19. The van der Waals surface area contributed by atoms with Gasteiger partial charge in [0.2, 0.25) is 0 Å². The van der Waals surface area contributed by atoms with E-state index in [1.165, 1.54) is 6.07 Å². The van der Waals surface area contributed by atoms with Crippen molar-refractivity contribution in [1.82, 2.24) is 0 Å². The van der Waals surface area contributed by atoms with Crippen molar-refractivity contribution in [2.24, 2.45) is 0 Å². The van der Waals surface area contributed by atoms with Gasteiger partial charge in [0.25, 0.3) is 0 Å². The van der Waals surface area contributed by atoms with E-state index in [9.17, 15) is 4.39 Å². The Hall–Kier alpha value is -0.840. The first-order chi connectivity index (χ1) is 7.99. The molecule has 0 bridgehead atoms. The van der Waals surface area contributed by atoms with Gasteiger partial charge < -0.3 is 14.8 Å². The van der Waals surface area contributed by atoms with Crippen LogP contribution in [0.2, 0.25) is 5.02 Å². The van der Waals surface area contributed by atoms with Gasteiger partial charge in [-0.15, -0.1) is 0 Å². The summed E-state index contributed by atoms with van der Waals surface area (Å²) in [5.41, 5.74) is 1.20. The van der Waals surface area contributed by atoms with Crippen LogP contribution in [0, 0.1) is 12.7 Å². The van der Waals surface area contributed by atoms with E-state index in [1.54, 1.807) is 27.2 Å². The minimum atomic E-state index is -0.392. The quantitative estimate of drug-likeness (QED) is 0.826. The lowest BCUT2D eigenvalue weighted by molar-refractivity contribution is -0.109.